The van der Waals surface area contributed by atoms with Crippen LogP contribution in [0.5, 0.6) is 5.75 Å². The van der Waals surface area contributed by atoms with Gasteiger partial charge in [0.15, 0.2) is 6.61 Å². The van der Waals surface area contributed by atoms with Crippen LogP contribution in [0.25, 0.3) is 0 Å². The average molecular weight is 338 g/mol. The fraction of sp³-hybridized carbons (Fsp3) is 0.235. The van der Waals surface area contributed by atoms with Crippen molar-refractivity contribution < 1.29 is 9.53 Å². The first-order chi connectivity index (χ1) is 10.5. The molecule has 2 rings (SSSR count). The number of aryl methyl sites for hydroxylation is 1. The predicted molar refractivity (Wildman–Crippen MR) is 89.8 cm³/mol. The summed E-state index contributed by atoms with van der Waals surface area (Å²) in [5.41, 5.74) is 2.00. The van der Waals surface area contributed by atoms with Gasteiger partial charge < -0.3 is 10.1 Å². The summed E-state index contributed by atoms with van der Waals surface area (Å²) in [4.78, 5) is 11.7. The molecule has 0 fully saturated rings. The smallest absolute Gasteiger partial charge is 0.257 e. The summed E-state index contributed by atoms with van der Waals surface area (Å²) < 4.78 is 5.43. The molecule has 0 aliphatic heterocycles. The van der Waals surface area contributed by atoms with Gasteiger partial charge in [0.05, 0.1) is 0 Å². The van der Waals surface area contributed by atoms with Gasteiger partial charge >= 0.3 is 0 Å². The third-order valence-corrected chi connectivity index (χ3v) is 3.78. The van der Waals surface area contributed by atoms with Gasteiger partial charge in [-0.2, -0.15) is 0 Å². The molecule has 0 saturated heterocycles. The van der Waals surface area contributed by atoms with E-state index in [-0.39, 0.29) is 12.5 Å². The third-order valence-electron chi connectivity index (χ3n) is 3.12. The molecule has 0 aliphatic carbocycles. The van der Waals surface area contributed by atoms with Crippen LogP contribution in [-0.2, 0) is 11.2 Å². The van der Waals surface area contributed by atoms with Crippen molar-refractivity contribution in [3.63, 3.8) is 0 Å². The summed E-state index contributed by atoms with van der Waals surface area (Å²) >= 11 is 11.8. The second kappa shape index (κ2) is 8.06. The largest absolute Gasteiger partial charge is 0.484 e. The van der Waals surface area contributed by atoms with Gasteiger partial charge in [0, 0.05) is 16.6 Å². The van der Waals surface area contributed by atoms with E-state index < -0.39 is 0 Å². The molecule has 2 aromatic rings. The van der Waals surface area contributed by atoms with Crippen LogP contribution in [0.2, 0.25) is 10.0 Å². The third kappa shape index (κ3) is 5.24. The van der Waals surface area contributed by atoms with Crippen LogP contribution in [-0.4, -0.2) is 19.1 Å². The minimum Gasteiger partial charge on any atom is -0.484 e. The summed E-state index contributed by atoms with van der Waals surface area (Å²) in [7, 11) is 0. The van der Waals surface area contributed by atoms with Gasteiger partial charge in [0.25, 0.3) is 5.91 Å². The second-order valence-corrected chi connectivity index (χ2v) is 5.77. The van der Waals surface area contributed by atoms with Gasteiger partial charge in [0.1, 0.15) is 5.75 Å². The molecule has 5 heteroatoms. The number of rotatable bonds is 6. The molecule has 0 unspecified atom stereocenters. The Bertz CT molecular complexity index is 659. The highest BCUT2D eigenvalue weighted by Crippen LogP contribution is 2.20. The molecule has 2 aromatic carbocycles. The molecular weight excluding hydrogens is 321 g/mol. The van der Waals surface area contributed by atoms with E-state index in [2.05, 4.69) is 5.32 Å². The molecule has 0 atom stereocenters. The molecular formula is C17H17Cl2NO2. The molecule has 1 amide bonds. The number of hydrogen-bond donors (Lipinski definition) is 1. The van der Waals surface area contributed by atoms with E-state index in [1.54, 1.807) is 12.1 Å². The average Bonchev–Trinajstić information content (AvgIpc) is 2.48. The standard InChI is InChI=1S/C17H17Cl2NO2/c1-12-9-15(5-6-16(12)19)22-11-17(21)20-8-7-13-3-2-4-14(18)10-13/h2-6,9-10H,7-8,11H2,1H3,(H,20,21). The molecule has 22 heavy (non-hydrogen) atoms. The van der Waals surface area contributed by atoms with Crippen LogP contribution in [0.3, 0.4) is 0 Å². The molecule has 0 aliphatic rings. The first kappa shape index (κ1) is 16.7. The highest BCUT2D eigenvalue weighted by molar-refractivity contribution is 6.31. The van der Waals surface area contributed by atoms with Crippen molar-refractivity contribution in [2.75, 3.05) is 13.2 Å². The van der Waals surface area contributed by atoms with Gasteiger partial charge in [-0.25, -0.2) is 0 Å². The van der Waals surface area contributed by atoms with E-state index in [1.165, 1.54) is 0 Å². The van der Waals surface area contributed by atoms with Crippen LogP contribution < -0.4 is 10.1 Å². The minimum atomic E-state index is -0.158. The van der Waals surface area contributed by atoms with Crippen molar-refractivity contribution in [2.24, 2.45) is 0 Å². The van der Waals surface area contributed by atoms with E-state index in [9.17, 15) is 4.79 Å². The molecule has 0 heterocycles. The Morgan fingerprint density at radius 3 is 2.73 bits per heavy atom. The summed E-state index contributed by atoms with van der Waals surface area (Å²) in [5.74, 6) is 0.474. The van der Waals surface area contributed by atoms with Crippen LogP contribution in [0.4, 0.5) is 0 Å². The molecule has 0 spiro atoms. The lowest BCUT2D eigenvalue weighted by molar-refractivity contribution is -0.123. The van der Waals surface area contributed by atoms with Crippen LogP contribution in [0, 0.1) is 6.92 Å². The maximum absolute atomic E-state index is 11.7. The Morgan fingerprint density at radius 2 is 2.00 bits per heavy atom. The summed E-state index contributed by atoms with van der Waals surface area (Å²) in [6.07, 6.45) is 0.729. The van der Waals surface area contributed by atoms with Gasteiger partial charge in [-0.3, -0.25) is 4.79 Å². The van der Waals surface area contributed by atoms with E-state index in [0.717, 1.165) is 17.5 Å². The van der Waals surface area contributed by atoms with Gasteiger partial charge in [-0.1, -0.05) is 35.3 Å². The lowest BCUT2D eigenvalue weighted by Crippen LogP contribution is -2.30. The highest BCUT2D eigenvalue weighted by Gasteiger charge is 2.04. The number of carbonyl (C=O) groups excluding carboxylic acids is 1. The molecule has 0 radical (unpaired) electrons. The molecule has 0 bridgehead atoms. The zero-order chi connectivity index (χ0) is 15.9. The summed E-state index contributed by atoms with van der Waals surface area (Å²) in [5, 5.41) is 4.19. The maximum Gasteiger partial charge on any atom is 0.257 e. The Hall–Kier alpha value is -1.71. The van der Waals surface area contributed by atoms with Crippen LogP contribution >= 0.6 is 23.2 Å². The summed E-state index contributed by atoms with van der Waals surface area (Å²) in [6.45, 7) is 2.42. The van der Waals surface area contributed by atoms with E-state index in [4.69, 9.17) is 27.9 Å². The van der Waals surface area contributed by atoms with E-state index in [1.807, 2.05) is 37.3 Å². The molecule has 0 aromatic heterocycles. The number of nitrogens with one attached hydrogen (secondary N) is 1. The Labute approximate surface area is 140 Å². The zero-order valence-electron chi connectivity index (χ0n) is 12.2. The normalized spacial score (nSPS) is 10.3. The van der Waals surface area contributed by atoms with Crippen molar-refractivity contribution in [2.45, 2.75) is 13.3 Å². The first-order valence-electron chi connectivity index (χ1n) is 6.94. The van der Waals surface area contributed by atoms with E-state index in [0.29, 0.717) is 22.3 Å². The molecule has 3 nitrogen and oxygen atoms in total. The summed E-state index contributed by atoms with van der Waals surface area (Å²) in [6, 6.07) is 12.9. The second-order valence-electron chi connectivity index (χ2n) is 4.93. The van der Waals surface area contributed by atoms with Crippen LogP contribution in [0.1, 0.15) is 11.1 Å². The van der Waals surface area contributed by atoms with Crippen LogP contribution in [0.15, 0.2) is 42.5 Å². The quantitative estimate of drug-likeness (QED) is 0.863. The number of ether oxygens (including phenoxy) is 1. The predicted octanol–water partition coefficient (Wildman–Crippen LogP) is 4.04. The molecule has 0 saturated carbocycles. The Kier molecular flexibility index (Phi) is 6.10. The number of amides is 1. The van der Waals surface area contributed by atoms with Crippen molar-refractivity contribution in [1.29, 1.82) is 0 Å². The number of carbonyl (C=O) groups is 1. The van der Waals surface area contributed by atoms with E-state index >= 15 is 0 Å². The number of halogens is 2. The maximum atomic E-state index is 11.7. The van der Waals surface area contributed by atoms with Crippen molar-refractivity contribution >= 4 is 29.1 Å². The SMILES string of the molecule is Cc1cc(OCC(=O)NCCc2cccc(Cl)c2)ccc1Cl. The lowest BCUT2D eigenvalue weighted by Gasteiger charge is -2.09. The number of benzene rings is 2. The van der Waals surface area contributed by atoms with Gasteiger partial charge in [0.2, 0.25) is 0 Å². The Balaban J connectivity index is 1.72. The highest BCUT2D eigenvalue weighted by atomic mass is 35.5. The fourth-order valence-electron chi connectivity index (χ4n) is 1.95. The van der Waals surface area contributed by atoms with Gasteiger partial charge in [-0.15, -0.1) is 0 Å². The topological polar surface area (TPSA) is 38.3 Å². The fourth-order valence-corrected chi connectivity index (χ4v) is 2.28. The number of hydrogen-bond acceptors (Lipinski definition) is 2. The van der Waals surface area contributed by atoms with Crippen molar-refractivity contribution in [3.8, 4) is 5.75 Å². The first-order valence-corrected chi connectivity index (χ1v) is 7.70. The lowest BCUT2D eigenvalue weighted by atomic mass is 10.1. The minimum absolute atomic E-state index is 0.0172. The van der Waals surface area contributed by atoms with Crippen molar-refractivity contribution in [3.05, 3.63) is 63.6 Å². The monoisotopic (exact) mass is 337 g/mol. The Morgan fingerprint density at radius 1 is 1.18 bits per heavy atom. The van der Waals surface area contributed by atoms with Gasteiger partial charge in [-0.05, 0) is 54.8 Å². The molecule has 1 N–H and O–H groups in total. The van der Waals surface area contributed by atoms with Crippen molar-refractivity contribution in [1.82, 2.24) is 5.32 Å². The zero-order valence-corrected chi connectivity index (χ0v) is 13.7. The molecule has 116 valence electrons.